The van der Waals surface area contributed by atoms with E-state index in [1.54, 1.807) is 23.1 Å². The first-order valence-electron chi connectivity index (χ1n) is 11.4. The van der Waals surface area contributed by atoms with Crippen LogP contribution in [0.4, 0.5) is 0 Å². The quantitative estimate of drug-likeness (QED) is 0.440. The van der Waals surface area contributed by atoms with Crippen molar-refractivity contribution >= 4 is 23.4 Å². The van der Waals surface area contributed by atoms with E-state index in [0.717, 1.165) is 22.3 Å². The van der Waals surface area contributed by atoms with Crippen LogP contribution in [-0.2, 0) is 22.6 Å². The van der Waals surface area contributed by atoms with E-state index in [-0.39, 0.29) is 18.4 Å². The summed E-state index contributed by atoms with van der Waals surface area (Å²) >= 11 is 6.10. The van der Waals surface area contributed by atoms with Gasteiger partial charge >= 0.3 is 0 Å². The topological polar surface area (TPSA) is 58.6 Å². The minimum Gasteiger partial charge on any atom is -0.484 e. The van der Waals surface area contributed by atoms with Gasteiger partial charge < -0.3 is 15.0 Å². The van der Waals surface area contributed by atoms with E-state index >= 15 is 0 Å². The molecule has 0 fully saturated rings. The summed E-state index contributed by atoms with van der Waals surface area (Å²) in [5.74, 6) is 0.111. The van der Waals surface area contributed by atoms with Gasteiger partial charge in [-0.15, -0.1) is 0 Å². The van der Waals surface area contributed by atoms with Crippen LogP contribution in [0.3, 0.4) is 0 Å². The maximum absolute atomic E-state index is 13.5. The zero-order chi connectivity index (χ0) is 24.5. The Labute approximate surface area is 206 Å². The Morgan fingerprint density at radius 2 is 1.71 bits per heavy atom. The van der Waals surface area contributed by atoms with E-state index in [2.05, 4.69) is 5.32 Å². The van der Waals surface area contributed by atoms with Crippen LogP contribution >= 0.6 is 11.6 Å². The smallest absolute Gasteiger partial charge is 0.261 e. The van der Waals surface area contributed by atoms with Crippen LogP contribution in [-0.4, -0.2) is 35.9 Å². The Balaban J connectivity index is 1.89. The third-order valence-electron chi connectivity index (χ3n) is 5.55. The Morgan fingerprint density at radius 3 is 2.38 bits per heavy atom. The van der Waals surface area contributed by atoms with Crippen molar-refractivity contribution in [2.45, 2.75) is 39.8 Å². The van der Waals surface area contributed by atoms with Crippen molar-refractivity contribution in [3.63, 3.8) is 0 Å². The molecule has 0 spiro atoms. The summed E-state index contributed by atoms with van der Waals surface area (Å²) in [4.78, 5) is 28.3. The minimum absolute atomic E-state index is 0.183. The number of nitrogens with one attached hydrogen (secondary N) is 1. The van der Waals surface area contributed by atoms with Crippen molar-refractivity contribution in [3.8, 4) is 5.75 Å². The van der Waals surface area contributed by atoms with Crippen molar-refractivity contribution in [2.24, 2.45) is 0 Å². The molecule has 1 N–H and O–H groups in total. The lowest BCUT2D eigenvalue weighted by atomic mass is 10.0. The second-order valence-corrected chi connectivity index (χ2v) is 8.72. The lowest BCUT2D eigenvalue weighted by Crippen LogP contribution is -2.51. The van der Waals surface area contributed by atoms with Gasteiger partial charge in [0.2, 0.25) is 5.91 Å². The molecule has 0 saturated heterocycles. The number of halogens is 1. The summed E-state index contributed by atoms with van der Waals surface area (Å²) in [6, 6.07) is 22.3. The molecule has 6 heteroatoms. The van der Waals surface area contributed by atoms with E-state index in [9.17, 15) is 9.59 Å². The SMILES string of the molecule is CCNC(=O)C(Cc1ccccc1)N(Cc1cccc(C)c1)C(=O)COc1ccc(Cl)c(C)c1. The molecule has 0 aliphatic carbocycles. The van der Waals surface area contributed by atoms with Gasteiger partial charge in [0.1, 0.15) is 11.8 Å². The number of hydrogen-bond acceptors (Lipinski definition) is 3. The number of benzene rings is 3. The van der Waals surface area contributed by atoms with Gasteiger partial charge in [-0.25, -0.2) is 0 Å². The van der Waals surface area contributed by atoms with Gasteiger partial charge in [0.05, 0.1) is 0 Å². The molecule has 0 aliphatic heterocycles. The normalized spacial score (nSPS) is 11.5. The van der Waals surface area contributed by atoms with E-state index in [4.69, 9.17) is 16.3 Å². The van der Waals surface area contributed by atoms with Crippen molar-refractivity contribution in [1.29, 1.82) is 0 Å². The highest BCUT2D eigenvalue weighted by atomic mass is 35.5. The molecule has 3 rings (SSSR count). The molecule has 34 heavy (non-hydrogen) atoms. The van der Waals surface area contributed by atoms with Crippen LogP contribution in [0.15, 0.2) is 72.8 Å². The van der Waals surface area contributed by atoms with Gasteiger partial charge in [-0.2, -0.15) is 0 Å². The minimum atomic E-state index is -0.675. The maximum Gasteiger partial charge on any atom is 0.261 e. The van der Waals surface area contributed by atoms with E-state index in [1.807, 2.05) is 75.4 Å². The van der Waals surface area contributed by atoms with Crippen molar-refractivity contribution in [2.75, 3.05) is 13.2 Å². The zero-order valence-electron chi connectivity index (χ0n) is 19.9. The van der Waals surface area contributed by atoms with E-state index < -0.39 is 6.04 Å². The molecule has 3 aromatic carbocycles. The molecule has 0 aliphatic rings. The summed E-state index contributed by atoms with van der Waals surface area (Å²) in [6.45, 7) is 6.36. The largest absolute Gasteiger partial charge is 0.484 e. The zero-order valence-corrected chi connectivity index (χ0v) is 20.6. The van der Waals surface area contributed by atoms with Gasteiger partial charge in [0.15, 0.2) is 6.61 Å². The second kappa shape index (κ2) is 12.2. The Bertz CT molecular complexity index is 1120. The van der Waals surface area contributed by atoms with Gasteiger partial charge in [0, 0.05) is 24.5 Å². The van der Waals surface area contributed by atoms with E-state index in [1.165, 1.54) is 0 Å². The lowest BCUT2D eigenvalue weighted by molar-refractivity contribution is -0.142. The molecular weight excluding hydrogens is 448 g/mol. The molecule has 1 atom stereocenters. The summed E-state index contributed by atoms with van der Waals surface area (Å²) in [5.41, 5.74) is 3.90. The number of nitrogens with zero attached hydrogens (tertiary/aromatic N) is 1. The summed E-state index contributed by atoms with van der Waals surface area (Å²) in [6.07, 6.45) is 0.407. The van der Waals surface area contributed by atoms with Crippen LogP contribution < -0.4 is 10.1 Å². The molecule has 0 bridgehead atoms. The van der Waals surface area contributed by atoms with Gasteiger partial charge in [-0.1, -0.05) is 71.8 Å². The molecule has 0 radical (unpaired) electrons. The number of carbonyl (C=O) groups excluding carboxylic acids is 2. The number of rotatable bonds is 10. The van der Waals surface area contributed by atoms with Crippen LogP contribution in [0.5, 0.6) is 5.75 Å². The highest BCUT2D eigenvalue weighted by Gasteiger charge is 2.30. The number of amides is 2. The predicted molar refractivity (Wildman–Crippen MR) is 136 cm³/mol. The average molecular weight is 479 g/mol. The summed E-state index contributed by atoms with van der Waals surface area (Å²) < 4.78 is 5.80. The van der Waals surface area contributed by atoms with Gasteiger partial charge in [0.25, 0.3) is 5.91 Å². The van der Waals surface area contributed by atoms with Crippen LogP contribution in [0.25, 0.3) is 0 Å². The highest BCUT2D eigenvalue weighted by Crippen LogP contribution is 2.22. The molecule has 5 nitrogen and oxygen atoms in total. The molecule has 0 saturated carbocycles. The monoisotopic (exact) mass is 478 g/mol. The first kappa shape index (κ1) is 25.3. The molecule has 178 valence electrons. The van der Waals surface area contributed by atoms with Crippen molar-refractivity contribution in [3.05, 3.63) is 100 Å². The number of carbonyl (C=O) groups is 2. The Hall–Kier alpha value is -3.31. The standard InChI is InChI=1S/C28H31ClN2O3/c1-4-30-28(33)26(17-22-10-6-5-7-11-22)31(18-23-12-8-9-20(2)15-23)27(32)19-34-24-13-14-25(29)21(3)16-24/h5-16,26H,4,17-19H2,1-3H3,(H,30,33). The van der Waals surface area contributed by atoms with E-state index in [0.29, 0.717) is 30.3 Å². The van der Waals surface area contributed by atoms with Gasteiger partial charge in [-0.05, 0) is 55.7 Å². The molecule has 2 amide bonds. The number of ether oxygens (including phenoxy) is 1. The second-order valence-electron chi connectivity index (χ2n) is 8.31. The lowest BCUT2D eigenvalue weighted by Gasteiger charge is -2.31. The van der Waals surface area contributed by atoms with Gasteiger partial charge in [-0.3, -0.25) is 9.59 Å². The number of hydrogen-bond donors (Lipinski definition) is 1. The average Bonchev–Trinajstić information content (AvgIpc) is 2.82. The van der Waals surface area contributed by atoms with Crippen LogP contribution in [0.2, 0.25) is 5.02 Å². The van der Waals surface area contributed by atoms with Crippen molar-refractivity contribution < 1.29 is 14.3 Å². The molecule has 1 unspecified atom stereocenters. The number of likely N-dealkylation sites (N-methyl/N-ethyl adjacent to an activating group) is 1. The Kier molecular flexibility index (Phi) is 9.11. The molecule has 0 aromatic heterocycles. The summed E-state index contributed by atoms with van der Waals surface area (Å²) in [5, 5.41) is 3.54. The third-order valence-corrected chi connectivity index (χ3v) is 5.97. The molecule has 3 aromatic rings. The fourth-order valence-electron chi connectivity index (χ4n) is 3.79. The first-order chi connectivity index (χ1) is 16.4. The molecule has 0 heterocycles. The third kappa shape index (κ3) is 7.09. The predicted octanol–water partition coefficient (Wildman–Crippen LogP) is 5.11. The molecular formula is C28H31ClN2O3. The van der Waals surface area contributed by atoms with Crippen molar-refractivity contribution in [1.82, 2.24) is 10.2 Å². The maximum atomic E-state index is 13.5. The summed E-state index contributed by atoms with van der Waals surface area (Å²) in [7, 11) is 0. The number of aryl methyl sites for hydroxylation is 2. The highest BCUT2D eigenvalue weighted by molar-refractivity contribution is 6.31. The fourth-order valence-corrected chi connectivity index (χ4v) is 3.91. The fraction of sp³-hybridized carbons (Fsp3) is 0.286. The van der Waals surface area contributed by atoms with Crippen LogP contribution in [0.1, 0.15) is 29.2 Å². The van der Waals surface area contributed by atoms with Crippen LogP contribution in [0, 0.1) is 13.8 Å². The Morgan fingerprint density at radius 1 is 0.971 bits per heavy atom. The first-order valence-corrected chi connectivity index (χ1v) is 11.8.